The molecule has 0 heterocycles. The van der Waals surface area contributed by atoms with E-state index in [-0.39, 0.29) is 6.42 Å². The molecule has 0 saturated carbocycles. The van der Waals surface area contributed by atoms with Crippen molar-refractivity contribution in [2.75, 3.05) is 6.61 Å². The van der Waals surface area contributed by atoms with Crippen molar-refractivity contribution < 1.29 is 19.7 Å². The van der Waals surface area contributed by atoms with Crippen molar-refractivity contribution in [2.45, 2.75) is 39.7 Å². The van der Waals surface area contributed by atoms with E-state index in [2.05, 4.69) is 15.9 Å². The number of carbonyl (C=O) groups is 1. The molecule has 1 aromatic rings. The summed E-state index contributed by atoms with van der Waals surface area (Å²) in [6.07, 6.45) is -0.388. The van der Waals surface area contributed by atoms with Crippen LogP contribution >= 0.6 is 15.9 Å². The standard InChI is InChI=1S/C15H21BrO4/c1-4-20-13-6-5-10(16)7-11(13)12(17)8-15(2,3)9-14(18)19/h5-7,12,17H,4,8-9H2,1-3H3,(H,18,19). The van der Waals surface area contributed by atoms with Gasteiger partial charge in [0.1, 0.15) is 5.75 Å². The van der Waals surface area contributed by atoms with E-state index in [1.54, 1.807) is 6.07 Å². The largest absolute Gasteiger partial charge is 0.493 e. The molecule has 0 saturated heterocycles. The van der Waals surface area contributed by atoms with Crippen LogP contribution < -0.4 is 4.74 Å². The maximum Gasteiger partial charge on any atom is 0.303 e. The smallest absolute Gasteiger partial charge is 0.303 e. The molecule has 20 heavy (non-hydrogen) atoms. The van der Waals surface area contributed by atoms with Crippen molar-refractivity contribution in [3.05, 3.63) is 28.2 Å². The van der Waals surface area contributed by atoms with Crippen molar-refractivity contribution in [3.8, 4) is 5.75 Å². The Bertz CT molecular complexity index is 471. The van der Waals surface area contributed by atoms with Crippen molar-refractivity contribution >= 4 is 21.9 Å². The molecule has 0 aliphatic carbocycles. The van der Waals surface area contributed by atoms with E-state index in [4.69, 9.17) is 9.84 Å². The van der Waals surface area contributed by atoms with Crippen LogP contribution in [0.5, 0.6) is 5.75 Å². The predicted molar refractivity (Wildman–Crippen MR) is 80.9 cm³/mol. The summed E-state index contributed by atoms with van der Waals surface area (Å²) >= 11 is 3.37. The van der Waals surface area contributed by atoms with Crippen LogP contribution in [0.4, 0.5) is 0 Å². The minimum atomic E-state index is -0.860. The summed E-state index contributed by atoms with van der Waals surface area (Å²) < 4.78 is 6.36. The Morgan fingerprint density at radius 3 is 2.65 bits per heavy atom. The highest BCUT2D eigenvalue weighted by atomic mass is 79.9. The van der Waals surface area contributed by atoms with E-state index in [1.165, 1.54) is 0 Å². The summed E-state index contributed by atoms with van der Waals surface area (Å²) in [7, 11) is 0. The molecule has 112 valence electrons. The summed E-state index contributed by atoms with van der Waals surface area (Å²) in [5.41, 5.74) is 0.191. The molecule has 0 aromatic heterocycles. The molecule has 0 aliphatic heterocycles. The predicted octanol–water partition coefficient (Wildman–Crippen LogP) is 3.77. The molecular formula is C15H21BrO4. The van der Waals surface area contributed by atoms with E-state index in [9.17, 15) is 9.90 Å². The van der Waals surface area contributed by atoms with Gasteiger partial charge in [0.2, 0.25) is 0 Å². The number of hydrogen-bond acceptors (Lipinski definition) is 3. The number of ether oxygens (including phenoxy) is 1. The lowest BCUT2D eigenvalue weighted by molar-refractivity contribution is -0.139. The Balaban J connectivity index is 2.93. The van der Waals surface area contributed by atoms with Gasteiger partial charge in [0.15, 0.2) is 0 Å². The molecule has 1 unspecified atom stereocenters. The molecule has 1 atom stereocenters. The van der Waals surface area contributed by atoms with Gasteiger partial charge in [-0.15, -0.1) is 0 Å². The van der Waals surface area contributed by atoms with Crippen molar-refractivity contribution in [2.24, 2.45) is 5.41 Å². The van der Waals surface area contributed by atoms with Gasteiger partial charge in [-0.25, -0.2) is 0 Å². The number of carboxylic acid groups (broad SMARTS) is 1. The van der Waals surface area contributed by atoms with Gasteiger partial charge in [0.05, 0.1) is 19.1 Å². The molecule has 2 N–H and O–H groups in total. The summed E-state index contributed by atoms with van der Waals surface area (Å²) in [5.74, 6) is -0.226. The number of halogens is 1. The molecule has 0 amide bonds. The third-order valence-corrected chi connectivity index (χ3v) is 3.50. The average Bonchev–Trinajstić information content (AvgIpc) is 2.29. The van der Waals surface area contributed by atoms with E-state index < -0.39 is 17.5 Å². The van der Waals surface area contributed by atoms with Crippen LogP contribution in [0.3, 0.4) is 0 Å². The zero-order valence-corrected chi connectivity index (χ0v) is 13.6. The Morgan fingerprint density at radius 1 is 1.45 bits per heavy atom. The van der Waals surface area contributed by atoms with Gasteiger partial charge >= 0.3 is 5.97 Å². The third kappa shape index (κ3) is 5.13. The van der Waals surface area contributed by atoms with Crippen LogP contribution in [0.25, 0.3) is 0 Å². The molecule has 4 nitrogen and oxygen atoms in total. The molecule has 0 spiro atoms. The van der Waals surface area contributed by atoms with Gasteiger partial charge < -0.3 is 14.9 Å². The molecule has 1 rings (SSSR count). The van der Waals surface area contributed by atoms with E-state index in [0.717, 1.165) is 4.47 Å². The fourth-order valence-corrected chi connectivity index (χ4v) is 2.56. The lowest BCUT2D eigenvalue weighted by Gasteiger charge is -2.26. The Morgan fingerprint density at radius 2 is 2.10 bits per heavy atom. The molecule has 0 aliphatic rings. The van der Waals surface area contributed by atoms with Gasteiger partial charge in [-0.2, -0.15) is 0 Å². The fourth-order valence-electron chi connectivity index (χ4n) is 2.18. The van der Waals surface area contributed by atoms with Crippen molar-refractivity contribution in [1.82, 2.24) is 0 Å². The van der Waals surface area contributed by atoms with Crippen LogP contribution in [-0.4, -0.2) is 22.8 Å². The quantitative estimate of drug-likeness (QED) is 0.789. The third-order valence-electron chi connectivity index (χ3n) is 3.01. The monoisotopic (exact) mass is 344 g/mol. The number of benzene rings is 1. The summed E-state index contributed by atoms with van der Waals surface area (Å²) in [4.78, 5) is 10.8. The van der Waals surface area contributed by atoms with Gasteiger partial charge in [0, 0.05) is 10.0 Å². The molecular weight excluding hydrogens is 324 g/mol. The Labute approximate surface area is 127 Å². The number of aliphatic hydroxyl groups excluding tert-OH is 1. The Hall–Kier alpha value is -1.07. The van der Waals surface area contributed by atoms with Gasteiger partial charge in [0.25, 0.3) is 0 Å². The maximum atomic E-state index is 10.8. The minimum Gasteiger partial charge on any atom is -0.493 e. The zero-order valence-electron chi connectivity index (χ0n) is 12.0. The molecule has 5 heteroatoms. The van der Waals surface area contributed by atoms with Crippen molar-refractivity contribution in [1.29, 1.82) is 0 Å². The topological polar surface area (TPSA) is 66.8 Å². The second kappa shape index (κ2) is 7.09. The highest BCUT2D eigenvalue weighted by Crippen LogP contribution is 2.37. The maximum absolute atomic E-state index is 10.8. The minimum absolute atomic E-state index is 0.0159. The van der Waals surface area contributed by atoms with Crippen molar-refractivity contribution in [3.63, 3.8) is 0 Å². The first-order chi connectivity index (χ1) is 9.25. The zero-order chi connectivity index (χ0) is 15.3. The first kappa shape index (κ1) is 17.0. The van der Waals surface area contributed by atoms with Crippen LogP contribution in [-0.2, 0) is 4.79 Å². The van der Waals surface area contributed by atoms with Crippen LogP contribution in [0.1, 0.15) is 45.3 Å². The normalized spacial score (nSPS) is 13.1. The van der Waals surface area contributed by atoms with Crippen LogP contribution in [0.15, 0.2) is 22.7 Å². The van der Waals surface area contributed by atoms with Crippen LogP contribution in [0.2, 0.25) is 0 Å². The lowest BCUT2D eigenvalue weighted by Crippen LogP contribution is -2.20. The summed E-state index contributed by atoms with van der Waals surface area (Å²) in [6.45, 7) is 6.07. The van der Waals surface area contributed by atoms with E-state index in [0.29, 0.717) is 24.3 Å². The molecule has 0 fully saturated rings. The molecule has 0 bridgehead atoms. The summed E-state index contributed by atoms with van der Waals surface area (Å²) in [5, 5.41) is 19.3. The number of aliphatic hydroxyl groups is 1. The Kier molecular flexibility index (Phi) is 6.02. The van der Waals surface area contributed by atoms with Gasteiger partial charge in [-0.3, -0.25) is 4.79 Å². The van der Waals surface area contributed by atoms with Crippen LogP contribution in [0, 0.1) is 5.41 Å². The fraction of sp³-hybridized carbons (Fsp3) is 0.533. The highest BCUT2D eigenvalue weighted by Gasteiger charge is 2.27. The lowest BCUT2D eigenvalue weighted by atomic mass is 9.82. The first-order valence-electron chi connectivity index (χ1n) is 6.57. The second-order valence-corrected chi connectivity index (χ2v) is 6.49. The van der Waals surface area contributed by atoms with Gasteiger partial charge in [-0.1, -0.05) is 29.8 Å². The average molecular weight is 345 g/mol. The molecule has 0 radical (unpaired) electrons. The first-order valence-corrected chi connectivity index (χ1v) is 7.36. The van der Waals surface area contributed by atoms with E-state index >= 15 is 0 Å². The van der Waals surface area contributed by atoms with Gasteiger partial charge in [-0.05, 0) is 37.0 Å². The number of aliphatic carboxylic acids is 1. The second-order valence-electron chi connectivity index (χ2n) is 5.57. The van der Waals surface area contributed by atoms with E-state index in [1.807, 2.05) is 32.9 Å². The number of carboxylic acids is 1. The molecule has 1 aromatic carbocycles. The number of hydrogen-bond donors (Lipinski definition) is 2. The summed E-state index contributed by atoms with van der Waals surface area (Å²) in [6, 6.07) is 5.46. The highest BCUT2D eigenvalue weighted by molar-refractivity contribution is 9.10. The SMILES string of the molecule is CCOc1ccc(Br)cc1C(O)CC(C)(C)CC(=O)O. The number of rotatable bonds is 7.